The highest BCUT2D eigenvalue weighted by molar-refractivity contribution is 4.77. The maximum atomic E-state index is 2.53. The fourth-order valence-corrected chi connectivity index (χ4v) is 5.15. The Morgan fingerprint density at radius 1 is 0.556 bits per heavy atom. The van der Waals surface area contributed by atoms with Gasteiger partial charge in [0.1, 0.15) is 0 Å². The van der Waals surface area contributed by atoms with E-state index in [4.69, 9.17) is 0 Å². The van der Waals surface area contributed by atoms with Crippen LogP contribution in [0.1, 0.15) is 51.4 Å². The first kappa shape index (κ1) is 12.9. The normalized spacial score (nSPS) is 39.0. The molecule has 2 saturated heterocycles. The van der Waals surface area contributed by atoms with Gasteiger partial charge in [0.15, 0.2) is 0 Å². The summed E-state index contributed by atoms with van der Waals surface area (Å²) in [6.45, 7) is 5.84. The molecule has 2 heterocycles. The Kier molecular flexibility index (Phi) is 3.44. The highest BCUT2D eigenvalue weighted by atomic mass is 15.4. The van der Waals surface area contributed by atoms with Crippen LogP contribution < -0.4 is 0 Å². The SMILES string of the molecule is C[N+]1([C@H]2CC[C@H]([N+]3(C)CCCC3)CC2)CCCC1. The molecule has 2 nitrogen and oxygen atoms in total. The van der Waals surface area contributed by atoms with Crippen molar-refractivity contribution in [3.05, 3.63) is 0 Å². The van der Waals surface area contributed by atoms with Gasteiger partial charge in [-0.15, -0.1) is 0 Å². The Morgan fingerprint density at radius 3 is 1.11 bits per heavy atom. The Hall–Kier alpha value is -0.0800. The largest absolute Gasteiger partial charge is 0.324 e. The van der Waals surface area contributed by atoms with E-state index in [9.17, 15) is 0 Å². The fourth-order valence-electron chi connectivity index (χ4n) is 5.15. The average Bonchev–Trinajstić information content (AvgIpc) is 3.01. The molecule has 1 aliphatic carbocycles. The highest BCUT2D eigenvalue weighted by Crippen LogP contribution is 2.36. The molecule has 0 bridgehead atoms. The summed E-state index contributed by atoms with van der Waals surface area (Å²) in [5.41, 5.74) is 0. The standard InChI is InChI=1S/C16H32N2/c1-17(11-3-4-12-17)15-7-9-16(10-8-15)18(2)13-5-6-14-18/h15-16H,3-14H2,1-2H3/q+2/t15-,16-. The third-order valence-corrected chi connectivity index (χ3v) is 6.61. The van der Waals surface area contributed by atoms with Gasteiger partial charge in [-0.25, -0.2) is 0 Å². The van der Waals surface area contributed by atoms with Gasteiger partial charge in [0, 0.05) is 51.4 Å². The van der Waals surface area contributed by atoms with Crippen LogP contribution in [0.3, 0.4) is 0 Å². The molecule has 104 valence electrons. The summed E-state index contributed by atoms with van der Waals surface area (Å²) in [6, 6.07) is 2.00. The van der Waals surface area contributed by atoms with Gasteiger partial charge in [-0.3, -0.25) is 0 Å². The van der Waals surface area contributed by atoms with Crippen molar-refractivity contribution in [3.8, 4) is 0 Å². The zero-order valence-electron chi connectivity index (χ0n) is 12.5. The lowest BCUT2D eigenvalue weighted by Crippen LogP contribution is -2.56. The van der Waals surface area contributed by atoms with Crippen LogP contribution in [0, 0.1) is 0 Å². The lowest BCUT2D eigenvalue weighted by molar-refractivity contribution is -0.937. The zero-order chi connectivity index (χ0) is 12.6. The summed E-state index contributed by atoms with van der Waals surface area (Å²) in [4.78, 5) is 0. The van der Waals surface area contributed by atoms with E-state index in [0.717, 1.165) is 12.1 Å². The molecule has 1 saturated carbocycles. The lowest BCUT2D eigenvalue weighted by atomic mass is 9.87. The number of quaternary nitrogens is 2. The van der Waals surface area contributed by atoms with Crippen molar-refractivity contribution in [2.24, 2.45) is 0 Å². The third-order valence-electron chi connectivity index (χ3n) is 6.61. The molecule has 0 N–H and O–H groups in total. The van der Waals surface area contributed by atoms with E-state index in [0.29, 0.717) is 0 Å². The quantitative estimate of drug-likeness (QED) is 0.663. The van der Waals surface area contributed by atoms with Crippen LogP contribution in [0.25, 0.3) is 0 Å². The average molecular weight is 252 g/mol. The molecule has 0 aromatic heterocycles. The second-order valence-electron chi connectivity index (χ2n) is 7.73. The zero-order valence-corrected chi connectivity index (χ0v) is 12.5. The molecule has 0 atom stereocenters. The van der Waals surface area contributed by atoms with Gasteiger partial charge >= 0.3 is 0 Å². The van der Waals surface area contributed by atoms with Crippen molar-refractivity contribution >= 4 is 0 Å². The summed E-state index contributed by atoms with van der Waals surface area (Å²) < 4.78 is 2.83. The minimum Gasteiger partial charge on any atom is -0.324 e. The highest BCUT2D eigenvalue weighted by Gasteiger charge is 2.43. The summed E-state index contributed by atoms with van der Waals surface area (Å²) >= 11 is 0. The lowest BCUT2D eigenvalue weighted by Gasteiger charge is -2.46. The summed E-state index contributed by atoms with van der Waals surface area (Å²) in [5, 5.41) is 0. The van der Waals surface area contributed by atoms with E-state index < -0.39 is 0 Å². The Labute approximate surface area is 113 Å². The van der Waals surface area contributed by atoms with Gasteiger partial charge < -0.3 is 8.97 Å². The number of rotatable bonds is 2. The first-order valence-electron chi connectivity index (χ1n) is 8.31. The van der Waals surface area contributed by atoms with Crippen molar-refractivity contribution < 1.29 is 8.97 Å². The topological polar surface area (TPSA) is 0 Å². The van der Waals surface area contributed by atoms with Crippen LogP contribution >= 0.6 is 0 Å². The molecule has 0 aromatic carbocycles. The molecule has 0 unspecified atom stereocenters. The Morgan fingerprint density at radius 2 is 0.833 bits per heavy atom. The molecular weight excluding hydrogens is 220 g/mol. The Bertz CT molecular complexity index is 249. The second-order valence-corrected chi connectivity index (χ2v) is 7.73. The minimum absolute atomic E-state index is 0.998. The summed E-state index contributed by atoms with van der Waals surface area (Å²) in [6.07, 6.45) is 11.9. The number of hydrogen-bond donors (Lipinski definition) is 0. The van der Waals surface area contributed by atoms with Crippen LogP contribution in [0.2, 0.25) is 0 Å². The minimum atomic E-state index is 0.998. The van der Waals surface area contributed by atoms with Crippen molar-refractivity contribution in [3.63, 3.8) is 0 Å². The fraction of sp³-hybridized carbons (Fsp3) is 1.00. The first-order chi connectivity index (χ1) is 8.62. The molecule has 18 heavy (non-hydrogen) atoms. The molecule has 3 rings (SSSR count). The van der Waals surface area contributed by atoms with Crippen molar-refractivity contribution in [2.75, 3.05) is 40.3 Å². The van der Waals surface area contributed by atoms with Gasteiger partial charge in [0.25, 0.3) is 0 Å². The second kappa shape index (κ2) is 4.79. The van der Waals surface area contributed by atoms with Crippen LogP contribution in [0.5, 0.6) is 0 Å². The smallest absolute Gasteiger partial charge is 0.0892 e. The molecule has 0 radical (unpaired) electrons. The first-order valence-corrected chi connectivity index (χ1v) is 8.31. The van der Waals surface area contributed by atoms with Gasteiger partial charge in [-0.2, -0.15) is 0 Å². The van der Waals surface area contributed by atoms with Gasteiger partial charge in [0.2, 0.25) is 0 Å². The summed E-state index contributed by atoms with van der Waals surface area (Å²) in [7, 11) is 5.06. The number of hydrogen-bond acceptors (Lipinski definition) is 0. The van der Waals surface area contributed by atoms with Crippen LogP contribution in [-0.4, -0.2) is 61.3 Å². The molecule has 0 spiro atoms. The van der Waals surface area contributed by atoms with Gasteiger partial charge in [-0.1, -0.05) is 0 Å². The van der Waals surface area contributed by atoms with Crippen molar-refractivity contribution in [2.45, 2.75) is 63.5 Å². The molecule has 3 aliphatic rings. The number of nitrogens with zero attached hydrogens (tertiary/aromatic N) is 2. The third kappa shape index (κ3) is 2.22. The predicted octanol–water partition coefficient (Wildman–Crippen LogP) is 2.78. The van der Waals surface area contributed by atoms with Crippen molar-refractivity contribution in [1.29, 1.82) is 0 Å². The van der Waals surface area contributed by atoms with Gasteiger partial charge in [0.05, 0.1) is 52.4 Å². The van der Waals surface area contributed by atoms with E-state index in [1.54, 1.807) is 0 Å². The summed E-state index contributed by atoms with van der Waals surface area (Å²) in [5.74, 6) is 0. The maximum Gasteiger partial charge on any atom is 0.0892 e. The van der Waals surface area contributed by atoms with E-state index in [1.165, 1.54) is 86.5 Å². The molecule has 0 aromatic rings. The molecule has 2 heteroatoms. The predicted molar refractivity (Wildman–Crippen MR) is 76.3 cm³/mol. The van der Waals surface area contributed by atoms with E-state index in [1.807, 2.05) is 0 Å². The Balaban J connectivity index is 1.58. The monoisotopic (exact) mass is 252 g/mol. The van der Waals surface area contributed by atoms with E-state index in [-0.39, 0.29) is 0 Å². The molecule has 0 amide bonds. The van der Waals surface area contributed by atoms with Gasteiger partial charge in [-0.05, 0) is 0 Å². The molecule has 2 aliphatic heterocycles. The van der Waals surface area contributed by atoms with E-state index in [2.05, 4.69) is 14.1 Å². The van der Waals surface area contributed by atoms with Crippen LogP contribution in [-0.2, 0) is 0 Å². The molecular formula is C16H32N2+2. The van der Waals surface area contributed by atoms with Crippen molar-refractivity contribution in [1.82, 2.24) is 0 Å². The molecule has 3 fully saturated rings. The van der Waals surface area contributed by atoms with Crippen LogP contribution in [0.4, 0.5) is 0 Å². The maximum absolute atomic E-state index is 2.53. The van der Waals surface area contributed by atoms with Crippen LogP contribution in [0.15, 0.2) is 0 Å². The number of likely N-dealkylation sites (tertiary alicyclic amines) is 2. The van der Waals surface area contributed by atoms with E-state index >= 15 is 0 Å².